The second-order valence-corrected chi connectivity index (χ2v) is 7.09. The van der Waals surface area contributed by atoms with Crippen molar-refractivity contribution in [1.29, 1.82) is 0 Å². The molecule has 0 aromatic heterocycles. The minimum atomic E-state index is -0.114. The van der Waals surface area contributed by atoms with E-state index >= 15 is 0 Å². The Morgan fingerprint density at radius 3 is 2.26 bits per heavy atom. The first-order valence-corrected chi connectivity index (χ1v) is 9.31. The Labute approximate surface area is 160 Å². The van der Waals surface area contributed by atoms with Gasteiger partial charge in [0.05, 0.1) is 26.4 Å². The van der Waals surface area contributed by atoms with Gasteiger partial charge in [-0.2, -0.15) is 0 Å². The largest absolute Gasteiger partial charge is 0.497 e. The van der Waals surface area contributed by atoms with E-state index in [0.29, 0.717) is 23.0 Å². The molecule has 1 N–H and O–H groups in total. The summed E-state index contributed by atoms with van der Waals surface area (Å²) in [6, 6.07) is 13.2. The van der Waals surface area contributed by atoms with E-state index in [1.54, 1.807) is 32.4 Å². The Morgan fingerprint density at radius 2 is 1.70 bits per heavy atom. The lowest BCUT2D eigenvalue weighted by Crippen LogP contribution is -2.29. The van der Waals surface area contributed by atoms with Crippen LogP contribution in [0, 0.1) is 5.92 Å². The Bertz CT molecular complexity index is 781. The van der Waals surface area contributed by atoms with Crippen molar-refractivity contribution in [3.05, 3.63) is 53.6 Å². The van der Waals surface area contributed by atoms with Gasteiger partial charge in [0.1, 0.15) is 5.75 Å². The minimum absolute atomic E-state index is 0.000918. The fraction of sp³-hybridized carbons (Fsp3) is 0.409. The maximum atomic E-state index is 12.9. The van der Waals surface area contributed by atoms with Crippen LogP contribution in [0.15, 0.2) is 42.5 Å². The topological polar surface area (TPSA) is 56.8 Å². The third-order valence-corrected chi connectivity index (χ3v) is 4.64. The highest BCUT2D eigenvalue weighted by atomic mass is 16.5. The first-order valence-electron chi connectivity index (χ1n) is 9.31. The SMILES string of the molecule is COc1ccc(C(NC(=O)c2ccc(OC(C)C)c(OC)c2)C2CC2)cc1. The first kappa shape index (κ1) is 19.1. The quantitative estimate of drug-likeness (QED) is 0.751. The molecule has 0 radical (unpaired) electrons. The normalized spacial score (nSPS) is 14.6. The fourth-order valence-corrected chi connectivity index (χ4v) is 3.10. The molecule has 5 heteroatoms. The van der Waals surface area contributed by atoms with Gasteiger partial charge >= 0.3 is 0 Å². The minimum Gasteiger partial charge on any atom is -0.497 e. The van der Waals surface area contributed by atoms with Crippen LogP contribution in [0.1, 0.15) is 48.7 Å². The smallest absolute Gasteiger partial charge is 0.251 e. The number of benzene rings is 2. The van der Waals surface area contributed by atoms with Crippen LogP contribution in [0.5, 0.6) is 17.2 Å². The molecule has 2 aromatic rings. The Kier molecular flexibility index (Phi) is 5.89. The molecule has 0 heterocycles. The van der Waals surface area contributed by atoms with Crippen molar-refractivity contribution < 1.29 is 19.0 Å². The lowest BCUT2D eigenvalue weighted by atomic mass is 10.0. The molecule has 1 aliphatic rings. The number of carbonyl (C=O) groups is 1. The first-order chi connectivity index (χ1) is 13.0. The molecule has 1 saturated carbocycles. The summed E-state index contributed by atoms with van der Waals surface area (Å²) in [6.07, 6.45) is 2.29. The van der Waals surface area contributed by atoms with Gasteiger partial charge < -0.3 is 19.5 Å². The van der Waals surface area contributed by atoms with Crippen LogP contribution in [0.25, 0.3) is 0 Å². The van der Waals surface area contributed by atoms with Gasteiger partial charge in [0, 0.05) is 5.56 Å². The molecular formula is C22H27NO4. The predicted molar refractivity (Wildman–Crippen MR) is 105 cm³/mol. The van der Waals surface area contributed by atoms with Gasteiger partial charge in [0.15, 0.2) is 11.5 Å². The molecule has 0 bridgehead atoms. The number of hydrogen-bond acceptors (Lipinski definition) is 4. The van der Waals surface area contributed by atoms with E-state index in [2.05, 4.69) is 5.32 Å². The zero-order valence-corrected chi connectivity index (χ0v) is 16.3. The number of methoxy groups -OCH3 is 2. The number of rotatable bonds is 8. The lowest BCUT2D eigenvalue weighted by molar-refractivity contribution is 0.0931. The van der Waals surface area contributed by atoms with Crippen molar-refractivity contribution in [3.8, 4) is 17.2 Å². The van der Waals surface area contributed by atoms with Gasteiger partial charge in [-0.15, -0.1) is 0 Å². The van der Waals surface area contributed by atoms with Crippen molar-refractivity contribution in [3.63, 3.8) is 0 Å². The van der Waals surface area contributed by atoms with Crippen LogP contribution in [-0.2, 0) is 0 Å². The Morgan fingerprint density at radius 1 is 1.00 bits per heavy atom. The van der Waals surface area contributed by atoms with Crippen molar-refractivity contribution >= 4 is 5.91 Å². The average molecular weight is 369 g/mol. The summed E-state index contributed by atoms with van der Waals surface area (Å²) in [5.74, 6) is 2.37. The summed E-state index contributed by atoms with van der Waals surface area (Å²) in [5, 5.41) is 3.18. The summed E-state index contributed by atoms with van der Waals surface area (Å²) < 4.78 is 16.3. The van der Waals surface area contributed by atoms with E-state index in [1.165, 1.54) is 0 Å². The van der Waals surface area contributed by atoms with Gasteiger partial charge in [-0.3, -0.25) is 4.79 Å². The van der Waals surface area contributed by atoms with Crippen molar-refractivity contribution in [2.24, 2.45) is 5.92 Å². The van der Waals surface area contributed by atoms with Crippen molar-refractivity contribution in [2.45, 2.75) is 38.8 Å². The van der Waals surface area contributed by atoms with Gasteiger partial charge in [-0.25, -0.2) is 0 Å². The molecule has 27 heavy (non-hydrogen) atoms. The molecule has 1 unspecified atom stereocenters. The van der Waals surface area contributed by atoms with Gasteiger partial charge in [0.25, 0.3) is 5.91 Å². The highest BCUT2D eigenvalue weighted by molar-refractivity contribution is 5.95. The molecule has 0 spiro atoms. The molecule has 1 amide bonds. The number of hydrogen-bond donors (Lipinski definition) is 1. The van der Waals surface area contributed by atoms with Crippen LogP contribution >= 0.6 is 0 Å². The molecular weight excluding hydrogens is 342 g/mol. The number of nitrogens with one attached hydrogen (secondary N) is 1. The van der Waals surface area contributed by atoms with E-state index in [-0.39, 0.29) is 18.1 Å². The van der Waals surface area contributed by atoms with E-state index in [1.807, 2.05) is 38.1 Å². The van der Waals surface area contributed by atoms with Crippen LogP contribution in [0.2, 0.25) is 0 Å². The zero-order valence-electron chi connectivity index (χ0n) is 16.3. The number of ether oxygens (including phenoxy) is 3. The van der Waals surface area contributed by atoms with Crippen LogP contribution in [0.4, 0.5) is 0 Å². The zero-order chi connectivity index (χ0) is 19.4. The second kappa shape index (κ2) is 8.33. The Balaban J connectivity index is 1.77. The molecule has 3 rings (SSSR count). The monoisotopic (exact) mass is 369 g/mol. The summed E-state index contributed by atoms with van der Waals surface area (Å²) in [7, 11) is 3.23. The maximum absolute atomic E-state index is 12.9. The van der Waals surface area contributed by atoms with Gasteiger partial charge in [-0.1, -0.05) is 12.1 Å². The Hall–Kier alpha value is -2.69. The molecule has 0 saturated heterocycles. The van der Waals surface area contributed by atoms with Gasteiger partial charge in [0.2, 0.25) is 0 Å². The standard InChI is InChI=1S/C22H27NO4/c1-14(2)27-19-12-9-17(13-20(19)26-4)22(24)23-21(15-5-6-15)16-7-10-18(25-3)11-8-16/h7-15,21H,5-6H2,1-4H3,(H,23,24). The second-order valence-electron chi connectivity index (χ2n) is 7.09. The predicted octanol–water partition coefficient (Wildman–Crippen LogP) is 4.37. The molecule has 5 nitrogen and oxygen atoms in total. The fourth-order valence-electron chi connectivity index (χ4n) is 3.10. The number of amides is 1. The summed E-state index contributed by atoms with van der Waals surface area (Å²) in [6.45, 7) is 3.91. The lowest BCUT2D eigenvalue weighted by Gasteiger charge is -2.20. The maximum Gasteiger partial charge on any atom is 0.251 e. The summed E-state index contributed by atoms with van der Waals surface area (Å²) in [5.41, 5.74) is 1.65. The highest BCUT2D eigenvalue weighted by Gasteiger charge is 2.33. The van der Waals surface area contributed by atoms with Crippen LogP contribution in [-0.4, -0.2) is 26.2 Å². The molecule has 2 aromatic carbocycles. The van der Waals surface area contributed by atoms with Gasteiger partial charge in [-0.05, 0) is 68.5 Å². The molecule has 1 atom stereocenters. The average Bonchev–Trinajstić information content (AvgIpc) is 3.51. The summed E-state index contributed by atoms with van der Waals surface area (Å²) in [4.78, 5) is 12.9. The third kappa shape index (κ3) is 4.73. The molecule has 1 fully saturated rings. The van der Waals surface area contributed by atoms with E-state index in [9.17, 15) is 4.79 Å². The molecule has 144 valence electrons. The van der Waals surface area contributed by atoms with E-state index < -0.39 is 0 Å². The van der Waals surface area contributed by atoms with Crippen molar-refractivity contribution in [1.82, 2.24) is 5.32 Å². The highest BCUT2D eigenvalue weighted by Crippen LogP contribution is 2.41. The van der Waals surface area contributed by atoms with Crippen LogP contribution < -0.4 is 19.5 Å². The van der Waals surface area contributed by atoms with Crippen LogP contribution in [0.3, 0.4) is 0 Å². The third-order valence-electron chi connectivity index (χ3n) is 4.64. The molecule has 1 aliphatic carbocycles. The summed E-state index contributed by atoms with van der Waals surface area (Å²) >= 11 is 0. The van der Waals surface area contributed by atoms with Crippen molar-refractivity contribution in [2.75, 3.05) is 14.2 Å². The van der Waals surface area contributed by atoms with E-state index in [4.69, 9.17) is 14.2 Å². The van der Waals surface area contributed by atoms with E-state index in [0.717, 1.165) is 24.2 Å². The number of carbonyl (C=O) groups excluding carboxylic acids is 1. The molecule has 0 aliphatic heterocycles.